The van der Waals surface area contributed by atoms with E-state index in [0.29, 0.717) is 23.7 Å². The van der Waals surface area contributed by atoms with Crippen LogP contribution >= 0.6 is 0 Å². The monoisotopic (exact) mass is 279 g/mol. The SMILES string of the molecule is CC(C)(C)NCCc1nc(-c2ccc(O)c(F)c2)no1. The lowest BCUT2D eigenvalue weighted by atomic mass is 10.1. The number of hydrogen-bond donors (Lipinski definition) is 2. The molecule has 2 N–H and O–H groups in total. The van der Waals surface area contributed by atoms with Crippen molar-refractivity contribution in [1.29, 1.82) is 0 Å². The maximum absolute atomic E-state index is 13.3. The van der Waals surface area contributed by atoms with Crippen LogP contribution in [0.15, 0.2) is 22.7 Å². The van der Waals surface area contributed by atoms with Crippen molar-refractivity contribution in [2.75, 3.05) is 6.54 Å². The number of aromatic nitrogens is 2. The fourth-order valence-electron chi connectivity index (χ4n) is 1.66. The molecule has 20 heavy (non-hydrogen) atoms. The number of nitrogens with zero attached hydrogens (tertiary/aromatic N) is 2. The van der Waals surface area contributed by atoms with Crippen molar-refractivity contribution in [1.82, 2.24) is 15.5 Å². The largest absolute Gasteiger partial charge is 0.505 e. The van der Waals surface area contributed by atoms with E-state index in [4.69, 9.17) is 9.63 Å². The molecule has 0 unspecified atom stereocenters. The molecule has 0 radical (unpaired) electrons. The minimum absolute atomic E-state index is 0.0307. The Kier molecular flexibility index (Phi) is 4.04. The van der Waals surface area contributed by atoms with Crippen LogP contribution in [0.5, 0.6) is 5.75 Å². The maximum Gasteiger partial charge on any atom is 0.228 e. The average molecular weight is 279 g/mol. The highest BCUT2D eigenvalue weighted by molar-refractivity contribution is 5.55. The summed E-state index contributed by atoms with van der Waals surface area (Å²) in [5.74, 6) is -0.296. The quantitative estimate of drug-likeness (QED) is 0.899. The van der Waals surface area contributed by atoms with Crippen LogP contribution in [0.1, 0.15) is 26.7 Å². The van der Waals surface area contributed by atoms with Crippen LogP contribution < -0.4 is 5.32 Å². The smallest absolute Gasteiger partial charge is 0.228 e. The molecule has 0 aliphatic carbocycles. The molecule has 108 valence electrons. The molecule has 1 heterocycles. The minimum Gasteiger partial charge on any atom is -0.505 e. The van der Waals surface area contributed by atoms with Gasteiger partial charge >= 0.3 is 0 Å². The second-order valence-corrected chi connectivity index (χ2v) is 5.60. The number of benzene rings is 1. The van der Waals surface area contributed by atoms with Crippen LogP contribution in [0.25, 0.3) is 11.4 Å². The number of nitrogens with one attached hydrogen (secondary N) is 1. The van der Waals surface area contributed by atoms with E-state index in [-0.39, 0.29) is 5.54 Å². The van der Waals surface area contributed by atoms with Crippen LogP contribution in [0.3, 0.4) is 0 Å². The molecule has 0 spiro atoms. The van der Waals surface area contributed by atoms with Crippen molar-refractivity contribution in [3.63, 3.8) is 0 Å². The summed E-state index contributed by atoms with van der Waals surface area (Å²) >= 11 is 0. The van der Waals surface area contributed by atoms with Crippen molar-refractivity contribution < 1.29 is 14.0 Å². The van der Waals surface area contributed by atoms with E-state index in [1.54, 1.807) is 6.07 Å². The number of hydrogen-bond acceptors (Lipinski definition) is 5. The predicted octanol–water partition coefficient (Wildman–Crippen LogP) is 2.51. The number of halogens is 1. The lowest BCUT2D eigenvalue weighted by Gasteiger charge is -2.19. The van der Waals surface area contributed by atoms with Gasteiger partial charge in [0.2, 0.25) is 11.7 Å². The van der Waals surface area contributed by atoms with Gasteiger partial charge in [-0.25, -0.2) is 4.39 Å². The third kappa shape index (κ3) is 3.77. The van der Waals surface area contributed by atoms with Crippen LogP contribution in [0, 0.1) is 5.82 Å². The molecule has 1 aromatic heterocycles. The molecule has 0 bridgehead atoms. The van der Waals surface area contributed by atoms with Crippen LogP contribution in [0.2, 0.25) is 0 Å². The molecular formula is C14H18FN3O2. The first-order valence-electron chi connectivity index (χ1n) is 6.42. The molecule has 0 saturated heterocycles. The van der Waals surface area contributed by atoms with Gasteiger partial charge in [-0.3, -0.25) is 0 Å². The van der Waals surface area contributed by atoms with Crippen LogP contribution in [-0.4, -0.2) is 27.3 Å². The molecule has 0 saturated carbocycles. The summed E-state index contributed by atoms with van der Waals surface area (Å²) in [5, 5.41) is 16.3. The second kappa shape index (κ2) is 5.58. The molecule has 2 aromatic rings. The van der Waals surface area contributed by atoms with E-state index in [0.717, 1.165) is 6.54 Å². The average Bonchev–Trinajstić information content (AvgIpc) is 2.80. The summed E-state index contributed by atoms with van der Waals surface area (Å²) in [6.07, 6.45) is 0.602. The van der Waals surface area contributed by atoms with Gasteiger partial charge in [0.15, 0.2) is 11.6 Å². The first-order valence-corrected chi connectivity index (χ1v) is 6.42. The van der Waals surface area contributed by atoms with Crippen molar-refractivity contribution in [2.24, 2.45) is 0 Å². The number of phenols is 1. The highest BCUT2D eigenvalue weighted by Crippen LogP contribution is 2.22. The van der Waals surface area contributed by atoms with Gasteiger partial charge in [0, 0.05) is 24.1 Å². The summed E-state index contributed by atoms with van der Waals surface area (Å²) in [6, 6.07) is 3.99. The Bertz CT molecular complexity index is 590. The van der Waals surface area contributed by atoms with Crippen LogP contribution in [-0.2, 0) is 6.42 Å². The van der Waals surface area contributed by atoms with E-state index < -0.39 is 11.6 Å². The van der Waals surface area contributed by atoms with Crippen molar-refractivity contribution in [3.05, 3.63) is 29.9 Å². The Hall–Kier alpha value is -1.95. The molecule has 0 aliphatic heterocycles. The van der Waals surface area contributed by atoms with Crippen LogP contribution in [0.4, 0.5) is 4.39 Å². The van der Waals surface area contributed by atoms with Crippen molar-refractivity contribution in [3.8, 4) is 17.1 Å². The van der Waals surface area contributed by atoms with E-state index in [2.05, 4.69) is 36.2 Å². The second-order valence-electron chi connectivity index (χ2n) is 5.60. The predicted molar refractivity (Wildman–Crippen MR) is 72.8 cm³/mol. The van der Waals surface area contributed by atoms with Gasteiger partial charge in [-0.05, 0) is 39.0 Å². The van der Waals surface area contributed by atoms with Gasteiger partial charge in [0.05, 0.1) is 0 Å². The third-order valence-electron chi connectivity index (χ3n) is 2.67. The fraction of sp³-hybridized carbons (Fsp3) is 0.429. The fourth-order valence-corrected chi connectivity index (χ4v) is 1.66. The molecule has 0 aliphatic rings. The Morgan fingerprint density at radius 2 is 2.10 bits per heavy atom. The summed E-state index contributed by atoms with van der Waals surface area (Å²) in [5.41, 5.74) is 0.502. The molecule has 2 rings (SSSR count). The van der Waals surface area contributed by atoms with Gasteiger partial charge in [-0.15, -0.1) is 0 Å². The van der Waals surface area contributed by atoms with Gasteiger partial charge in [0.1, 0.15) is 0 Å². The van der Waals surface area contributed by atoms with Gasteiger partial charge in [-0.2, -0.15) is 4.98 Å². The standard InChI is InChI=1S/C14H18FN3O2/c1-14(2,3)16-7-6-12-17-13(18-20-12)9-4-5-11(19)10(15)8-9/h4-5,8,16,19H,6-7H2,1-3H3. The third-order valence-corrected chi connectivity index (χ3v) is 2.67. The van der Waals surface area contributed by atoms with Gasteiger partial charge in [0.25, 0.3) is 0 Å². The highest BCUT2D eigenvalue weighted by atomic mass is 19.1. The zero-order valence-corrected chi connectivity index (χ0v) is 11.8. The Morgan fingerprint density at radius 1 is 1.35 bits per heavy atom. The molecule has 0 fully saturated rings. The zero-order valence-electron chi connectivity index (χ0n) is 11.8. The molecule has 5 nitrogen and oxygen atoms in total. The molecule has 6 heteroatoms. The summed E-state index contributed by atoms with van der Waals surface area (Å²) in [7, 11) is 0. The lowest BCUT2D eigenvalue weighted by molar-refractivity contribution is 0.362. The number of phenolic OH excluding ortho intramolecular Hbond substituents is 1. The van der Waals surface area contributed by atoms with Crippen molar-refractivity contribution in [2.45, 2.75) is 32.7 Å². The minimum atomic E-state index is -0.705. The lowest BCUT2D eigenvalue weighted by Crippen LogP contribution is -2.37. The Morgan fingerprint density at radius 3 is 2.75 bits per heavy atom. The van der Waals surface area contributed by atoms with E-state index in [1.165, 1.54) is 12.1 Å². The summed E-state index contributed by atoms with van der Waals surface area (Å²) < 4.78 is 18.4. The Labute approximate surface area is 116 Å². The van der Waals surface area contributed by atoms with E-state index in [9.17, 15) is 4.39 Å². The molecule has 0 amide bonds. The first kappa shape index (κ1) is 14.5. The molecule has 0 atom stereocenters. The Balaban J connectivity index is 2.03. The molecular weight excluding hydrogens is 261 g/mol. The first-order chi connectivity index (χ1) is 9.35. The maximum atomic E-state index is 13.3. The van der Waals surface area contributed by atoms with Gasteiger partial charge in [-0.1, -0.05) is 5.16 Å². The van der Waals surface area contributed by atoms with Gasteiger partial charge < -0.3 is 14.9 Å². The number of rotatable bonds is 4. The zero-order chi connectivity index (χ0) is 14.8. The highest BCUT2D eigenvalue weighted by Gasteiger charge is 2.12. The van der Waals surface area contributed by atoms with Crippen molar-refractivity contribution >= 4 is 0 Å². The summed E-state index contributed by atoms with van der Waals surface area (Å²) in [6.45, 7) is 6.94. The number of aromatic hydroxyl groups is 1. The topological polar surface area (TPSA) is 71.2 Å². The summed E-state index contributed by atoms with van der Waals surface area (Å²) in [4.78, 5) is 4.20. The molecule has 1 aromatic carbocycles. The van der Waals surface area contributed by atoms with E-state index >= 15 is 0 Å². The normalized spacial score (nSPS) is 11.8. The van der Waals surface area contributed by atoms with E-state index in [1.807, 2.05) is 0 Å².